The lowest BCUT2D eigenvalue weighted by atomic mass is 10.2. The zero-order chi connectivity index (χ0) is 12.9. The highest BCUT2D eigenvalue weighted by Crippen LogP contribution is 2.16. The number of imide groups is 1. The Morgan fingerprint density at radius 1 is 1.41 bits per heavy atom. The van der Waals surface area contributed by atoms with Gasteiger partial charge in [-0.2, -0.15) is 0 Å². The molecule has 0 aromatic heterocycles. The fourth-order valence-corrected chi connectivity index (χ4v) is 1.87. The maximum atomic E-state index is 11.3. The molecule has 0 aromatic rings. The standard InChI is InChI=1S/C10H18N2O4S/c1-10(2,3)16-9(14)11-8(13)12-17-7-4-5-15-6-7/h7H,4-6H2,1-3H3,(H2,11,12,13,14). The minimum absolute atomic E-state index is 0.249. The smallest absolute Gasteiger partial charge is 0.415 e. The number of hydrogen-bond donors (Lipinski definition) is 2. The van der Waals surface area contributed by atoms with Crippen molar-refractivity contribution in [2.24, 2.45) is 0 Å². The summed E-state index contributed by atoms with van der Waals surface area (Å²) in [7, 11) is 0. The van der Waals surface area contributed by atoms with Crippen LogP contribution in [0.2, 0.25) is 0 Å². The van der Waals surface area contributed by atoms with Gasteiger partial charge >= 0.3 is 12.1 Å². The summed E-state index contributed by atoms with van der Waals surface area (Å²) in [4.78, 5) is 22.5. The number of hydrogen-bond acceptors (Lipinski definition) is 5. The van der Waals surface area contributed by atoms with Crippen molar-refractivity contribution >= 4 is 24.1 Å². The van der Waals surface area contributed by atoms with E-state index in [1.807, 2.05) is 0 Å². The van der Waals surface area contributed by atoms with E-state index in [1.54, 1.807) is 20.8 Å². The second-order valence-electron chi connectivity index (χ2n) is 4.66. The predicted octanol–water partition coefficient (Wildman–Crippen LogP) is 1.66. The number of alkyl carbamates (subject to hydrolysis) is 1. The molecule has 7 heteroatoms. The van der Waals surface area contributed by atoms with E-state index in [-0.39, 0.29) is 5.25 Å². The monoisotopic (exact) mass is 262 g/mol. The Labute approximate surface area is 105 Å². The van der Waals surface area contributed by atoms with Crippen LogP contribution in [0, 0.1) is 0 Å². The summed E-state index contributed by atoms with van der Waals surface area (Å²) in [6.07, 6.45) is 0.149. The van der Waals surface area contributed by atoms with Gasteiger partial charge in [-0.3, -0.25) is 4.72 Å². The molecule has 0 saturated carbocycles. The van der Waals surface area contributed by atoms with E-state index in [0.29, 0.717) is 13.2 Å². The largest absolute Gasteiger partial charge is 0.443 e. The molecule has 17 heavy (non-hydrogen) atoms. The first kappa shape index (κ1) is 14.1. The van der Waals surface area contributed by atoms with Gasteiger partial charge in [0.1, 0.15) is 5.60 Å². The van der Waals surface area contributed by atoms with Crippen LogP contribution in [0.5, 0.6) is 0 Å². The van der Waals surface area contributed by atoms with E-state index in [9.17, 15) is 9.59 Å². The molecule has 0 aromatic carbocycles. The summed E-state index contributed by atoms with van der Waals surface area (Å²) >= 11 is 1.26. The van der Waals surface area contributed by atoms with Gasteiger partial charge in [-0.25, -0.2) is 14.9 Å². The van der Waals surface area contributed by atoms with Gasteiger partial charge in [0.05, 0.1) is 11.9 Å². The molecule has 0 bridgehead atoms. The lowest BCUT2D eigenvalue weighted by Crippen LogP contribution is -2.40. The molecule has 0 spiro atoms. The van der Waals surface area contributed by atoms with Crippen LogP contribution in [0.1, 0.15) is 27.2 Å². The van der Waals surface area contributed by atoms with Gasteiger partial charge < -0.3 is 9.47 Å². The molecule has 2 N–H and O–H groups in total. The first-order valence-electron chi connectivity index (χ1n) is 5.40. The van der Waals surface area contributed by atoms with E-state index in [0.717, 1.165) is 6.42 Å². The zero-order valence-corrected chi connectivity index (χ0v) is 11.1. The third kappa shape index (κ3) is 6.38. The van der Waals surface area contributed by atoms with E-state index >= 15 is 0 Å². The molecule has 98 valence electrons. The molecule has 3 amide bonds. The van der Waals surface area contributed by atoms with E-state index < -0.39 is 17.7 Å². The van der Waals surface area contributed by atoms with Crippen LogP contribution in [0.25, 0.3) is 0 Å². The number of carbonyl (C=O) groups is 2. The number of carbonyl (C=O) groups excluding carboxylic acids is 2. The van der Waals surface area contributed by atoms with Gasteiger partial charge in [0.2, 0.25) is 0 Å². The SMILES string of the molecule is CC(C)(C)OC(=O)NC(=O)NSC1CCOC1. The molecule has 1 atom stereocenters. The second kappa shape index (κ2) is 6.11. The molecule has 0 aliphatic carbocycles. The van der Waals surface area contributed by atoms with Crippen LogP contribution in [-0.4, -0.2) is 36.2 Å². The van der Waals surface area contributed by atoms with Crippen LogP contribution < -0.4 is 10.0 Å². The molecule has 1 rings (SSSR count). The molecular formula is C10H18N2O4S. The van der Waals surface area contributed by atoms with Crippen LogP contribution in [-0.2, 0) is 9.47 Å². The van der Waals surface area contributed by atoms with Crippen molar-refractivity contribution in [3.63, 3.8) is 0 Å². The Balaban J connectivity index is 2.17. The number of amides is 3. The molecule has 6 nitrogen and oxygen atoms in total. The zero-order valence-electron chi connectivity index (χ0n) is 10.2. The third-order valence-corrected chi connectivity index (χ3v) is 2.83. The Morgan fingerprint density at radius 2 is 2.12 bits per heavy atom. The highest BCUT2D eigenvalue weighted by molar-refractivity contribution is 7.98. The van der Waals surface area contributed by atoms with Crippen molar-refractivity contribution in [2.75, 3.05) is 13.2 Å². The van der Waals surface area contributed by atoms with Crippen LogP contribution >= 0.6 is 11.9 Å². The van der Waals surface area contributed by atoms with Crippen LogP contribution in [0.3, 0.4) is 0 Å². The van der Waals surface area contributed by atoms with Crippen molar-refractivity contribution in [3.8, 4) is 0 Å². The van der Waals surface area contributed by atoms with Crippen molar-refractivity contribution in [1.82, 2.24) is 10.0 Å². The lowest BCUT2D eigenvalue weighted by molar-refractivity contribution is 0.0549. The van der Waals surface area contributed by atoms with Gasteiger partial charge in [-0.05, 0) is 39.1 Å². The lowest BCUT2D eigenvalue weighted by Gasteiger charge is -2.19. The Kier molecular flexibility index (Phi) is 5.07. The van der Waals surface area contributed by atoms with Crippen molar-refractivity contribution in [1.29, 1.82) is 0 Å². The highest BCUT2D eigenvalue weighted by atomic mass is 32.2. The number of nitrogens with one attached hydrogen (secondary N) is 2. The predicted molar refractivity (Wildman–Crippen MR) is 64.7 cm³/mol. The van der Waals surface area contributed by atoms with Crippen molar-refractivity contribution in [2.45, 2.75) is 38.0 Å². The third-order valence-electron chi connectivity index (χ3n) is 1.82. The molecule has 1 fully saturated rings. The van der Waals surface area contributed by atoms with E-state index in [1.165, 1.54) is 11.9 Å². The number of urea groups is 1. The van der Waals surface area contributed by atoms with Crippen LogP contribution in [0.15, 0.2) is 0 Å². The van der Waals surface area contributed by atoms with Crippen molar-refractivity contribution in [3.05, 3.63) is 0 Å². The molecule has 1 unspecified atom stereocenters. The van der Waals surface area contributed by atoms with E-state index in [2.05, 4.69) is 10.0 Å². The van der Waals surface area contributed by atoms with Crippen molar-refractivity contribution < 1.29 is 19.1 Å². The highest BCUT2D eigenvalue weighted by Gasteiger charge is 2.20. The summed E-state index contributed by atoms with van der Waals surface area (Å²) in [5.74, 6) is 0. The molecular weight excluding hydrogens is 244 g/mol. The average Bonchev–Trinajstić information content (AvgIpc) is 2.63. The van der Waals surface area contributed by atoms with Crippen LogP contribution in [0.4, 0.5) is 9.59 Å². The normalized spacial score (nSPS) is 19.8. The van der Waals surface area contributed by atoms with Gasteiger partial charge in [0.25, 0.3) is 0 Å². The van der Waals surface area contributed by atoms with Gasteiger partial charge in [0.15, 0.2) is 0 Å². The summed E-state index contributed by atoms with van der Waals surface area (Å²) in [5.41, 5.74) is -0.614. The van der Waals surface area contributed by atoms with Gasteiger partial charge in [-0.1, -0.05) is 0 Å². The Morgan fingerprint density at radius 3 is 2.65 bits per heavy atom. The summed E-state index contributed by atoms with van der Waals surface area (Å²) in [6, 6.07) is -0.573. The van der Waals surface area contributed by atoms with Gasteiger partial charge in [0, 0.05) is 6.61 Å². The Hall–Kier alpha value is -0.950. The minimum atomic E-state index is -0.752. The summed E-state index contributed by atoms with van der Waals surface area (Å²) in [5, 5.41) is 2.34. The van der Waals surface area contributed by atoms with E-state index in [4.69, 9.17) is 9.47 Å². The fourth-order valence-electron chi connectivity index (χ4n) is 1.16. The molecule has 1 aliphatic heterocycles. The summed E-state index contributed by atoms with van der Waals surface area (Å²) in [6.45, 7) is 6.53. The topological polar surface area (TPSA) is 76.7 Å². The maximum Gasteiger partial charge on any atom is 0.415 e. The quantitative estimate of drug-likeness (QED) is 0.740. The Bertz CT molecular complexity index is 285. The fraction of sp³-hybridized carbons (Fsp3) is 0.800. The molecule has 0 radical (unpaired) electrons. The molecule has 1 aliphatic rings. The minimum Gasteiger partial charge on any atom is -0.443 e. The molecule has 1 saturated heterocycles. The molecule has 1 heterocycles. The second-order valence-corrected chi connectivity index (χ2v) is 5.77. The van der Waals surface area contributed by atoms with Gasteiger partial charge in [-0.15, -0.1) is 0 Å². The maximum absolute atomic E-state index is 11.3. The first-order chi connectivity index (χ1) is 7.87. The summed E-state index contributed by atoms with van der Waals surface area (Å²) < 4.78 is 12.6. The number of ether oxygens (including phenoxy) is 2. The average molecular weight is 262 g/mol. The number of rotatable bonds is 2. The first-order valence-corrected chi connectivity index (χ1v) is 6.28.